The molecule has 0 unspecified atom stereocenters. The SMILES string of the molecule is Cc1ccc(OCc2ccc(I)cc2)c(N)c1. The summed E-state index contributed by atoms with van der Waals surface area (Å²) in [7, 11) is 0. The van der Waals surface area contributed by atoms with Gasteiger partial charge in [0.1, 0.15) is 12.4 Å². The van der Waals surface area contributed by atoms with Crippen LogP contribution < -0.4 is 10.5 Å². The predicted molar refractivity (Wildman–Crippen MR) is 79.1 cm³/mol. The maximum atomic E-state index is 5.88. The first kappa shape index (κ1) is 12.2. The zero-order valence-corrected chi connectivity index (χ0v) is 11.8. The molecule has 88 valence electrons. The van der Waals surface area contributed by atoms with Crippen molar-refractivity contribution in [3.05, 3.63) is 57.2 Å². The molecule has 2 rings (SSSR count). The first-order valence-electron chi connectivity index (χ1n) is 5.38. The van der Waals surface area contributed by atoms with E-state index in [1.807, 2.05) is 25.1 Å². The number of hydrogen-bond donors (Lipinski definition) is 1. The Kier molecular flexibility index (Phi) is 3.89. The van der Waals surface area contributed by atoms with Crippen LogP contribution in [0.5, 0.6) is 5.75 Å². The minimum absolute atomic E-state index is 0.546. The molecule has 17 heavy (non-hydrogen) atoms. The third kappa shape index (κ3) is 3.36. The molecule has 0 heterocycles. The van der Waals surface area contributed by atoms with Crippen molar-refractivity contribution < 1.29 is 4.74 Å². The standard InChI is InChI=1S/C14H14INO/c1-10-2-7-14(13(16)8-10)17-9-11-3-5-12(15)6-4-11/h2-8H,9,16H2,1H3. The van der Waals surface area contributed by atoms with Crippen LogP contribution in [0, 0.1) is 10.5 Å². The third-order valence-electron chi connectivity index (χ3n) is 2.47. The molecule has 0 fully saturated rings. The van der Waals surface area contributed by atoms with E-state index in [1.54, 1.807) is 0 Å². The molecule has 0 radical (unpaired) electrons. The van der Waals surface area contributed by atoms with Crippen LogP contribution in [0.4, 0.5) is 5.69 Å². The number of nitrogen functional groups attached to an aromatic ring is 1. The summed E-state index contributed by atoms with van der Waals surface area (Å²) in [6.07, 6.45) is 0. The van der Waals surface area contributed by atoms with E-state index in [-0.39, 0.29) is 0 Å². The van der Waals surface area contributed by atoms with Crippen molar-refractivity contribution in [1.29, 1.82) is 0 Å². The minimum atomic E-state index is 0.546. The summed E-state index contributed by atoms with van der Waals surface area (Å²) in [5.41, 5.74) is 8.86. The second-order valence-electron chi connectivity index (χ2n) is 3.96. The van der Waals surface area contributed by atoms with E-state index in [9.17, 15) is 0 Å². The maximum absolute atomic E-state index is 5.88. The van der Waals surface area contributed by atoms with Gasteiger partial charge in [-0.3, -0.25) is 0 Å². The Morgan fingerprint density at radius 1 is 1.12 bits per heavy atom. The minimum Gasteiger partial charge on any atom is -0.487 e. The summed E-state index contributed by atoms with van der Waals surface area (Å²) in [5.74, 6) is 0.745. The second kappa shape index (κ2) is 5.40. The lowest BCUT2D eigenvalue weighted by Crippen LogP contribution is -1.99. The highest BCUT2D eigenvalue weighted by atomic mass is 127. The monoisotopic (exact) mass is 339 g/mol. The van der Waals surface area contributed by atoms with E-state index in [0.29, 0.717) is 12.3 Å². The van der Waals surface area contributed by atoms with E-state index in [4.69, 9.17) is 10.5 Å². The summed E-state index contributed by atoms with van der Waals surface area (Å²) in [6, 6.07) is 14.1. The van der Waals surface area contributed by atoms with Gasteiger partial charge in [-0.25, -0.2) is 0 Å². The van der Waals surface area contributed by atoms with Crippen LogP contribution in [0.15, 0.2) is 42.5 Å². The summed E-state index contributed by atoms with van der Waals surface area (Å²) in [4.78, 5) is 0. The Labute approximate surface area is 115 Å². The van der Waals surface area contributed by atoms with Crippen molar-refractivity contribution in [2.75, 3.05) is 5.73 Å². The fourth-order valence-electron chi connectivity index (χ4n) is 1.54. The summed E-state index contributed by atoms with van der Waals surface area (Å²) >= 11 is 2.28. The van der Waals surface area contributed by atoms with Gasteiger partial charge >= 0.3 is 0 Å². The molecule has 3 heteroatoms. The summed E-state index contributed by atoms with van der Waals surface area (Å²) < 4.78 is 6.91. The Balaban J connectivity index is 2.04. The second-order valence-corrected chi connectivity index (χ2v) is 5.20. The van der Waals surface area contributed by atoms with Crippen LogP contribution in [-0.2, 0) is 6.61 Å². The van der Waals surface area contributed by atoms with Gasteiger partial charge in [0.05, 0.1) is 5.69 Å². The van der Waals surface area contributed by atoms with Crippen LogP contribution in [-0.4, -0.2) is 0 Å². The largest absolute Gasteiger partial charge is 0.487 e. The lowest BCUT2D eigenvalue weighted by atomic mass is 10.2. The van der Waals surface area contributed by atoms with Crippen LogP contribution in [0.3, 0.4) is 0 Å². The van der Waals surface area contributed by atoms with Gasteiger partial charge in [-0.1, -0.05) is 18.2 Å². The van der Waals surface area contributed by atoms with Crippen LogP contribution in [0.25, 0.3) is 0 Å². The number of rotatable bonds is 3. The molecule has 0 amide bonds. The van der Waals surface area contributed by atoms with Gasteiger partial charge in [-0.15, -0.1) is 0 Å². The number of nitrogens with two attached hydrogens (primary N) is 1. The quantitative estimate of drug-likeness (QED) is 0.683. The molecule has 0 atom stereocenters. The predicted octanol–water partition coefficient (Wildman–Crippen LogP) is 3.76. The molecule has 2 N–H and O–H groups in total. The normalized spacial score (nSPS) is 10.2. The van der Waals surface area contributed by atoms with Crippen LogP contribution >= 0.6 is 22.6 Å². The molecule has 0 saturated heterocycles. The van der Waals surface area contributed by atoms with Crippen molar-refractivity contribution in [2.45, 2.75) is 13.5 Å². The molecule has 0 aromatic heterocycles. The Morgan fingerprint density at radius 3 is 2.47 bits per heavy atom. The highest BCUT2D eigenvalue weighted by Gasteiger charge is 2.01. The number of hydrogen-bond acceptors (Lipinski definition) is 2. The summed E-state index contributed by atoms with van der Waals surface area (Å²) in [6.45, 7) is 2.56. The molecule has 2 aromatic rings. The van der Waals surface area contributed by atoms with Crippen molar-refractivity contribution in [2.24, 2.45) is 0 Å². The fourth-order valence-corrected chi connectivity index (χ4v) is 1.90. The number of halogens is 1. The fraction of sp³-hybridized carbons (Fsp3) is 0.143. The smallest absolute Gasteiger partial charge is 0.142 e. The van der Waals surface area contributed by atoms with Gasteiger partial charge in [0.15, 0.2) is 0 Å². The average molecular weight is 339 g/mol. The Bertz CT molecular complexity index is 508. The molecule has 0 saturated carbocycles. The molecule has 2 nitrogen and oxygen atoms in total. The molecular weight excluding hydrogens is 325 g/mol. The highest BCUT2D eigenvalue weighted by molar-refractivity contribution is 14.1. The lowest BCUT2D eigenvalue weighted by molar-refractivity contribution is 0.308. The highest BCUT2D eigenvalue weighted by Crippen LogP contribution is 2.23. The van der Waals surface area contributed by atoms with Gasteiger partial charge < -0.3 is 10.5 Å². The van der Waals surface area contributed by atoms with Crippen LogP contribution in [0.1, 0.15) is 11.1 Å². The number of ether oxygens (including phenoxy) is 1. The lowest BCUT2D eigenvalue weighted by Gasteiger charge is -2.09. The molecule has 0 bridgehead atoms. The van der Waals surface area contributed by atoms with Gasteiger partial charge in [0, 0.05) is 3.57 Å². The van der Waals surface area contributed by atoms with Crippen molar-refractivity contribution >= 4 is 28.3 Å². The molecule has 0 aliphatic rings. The van der Waals surface area contributed by atoms with Gasteiger partial charge in [0.25, 0.3) is 0 Å². The van der Waals surface area contributed by atoms with Gasteiger partial charge in [-0.2, -0.15) is 0 Å². The Morgan fingerprint density at radius 2 is 1.82 bits per heavy atom. The van der Waals surface area contributed by atoms with E-state index in [2.05, 4.69) is 46.9 Å². The molecular formula is C14H14INO. The van der Waals surface area contributed by atoms with Crippen molar-refractivity contribution in [1.82, 2.24) is 0 Å². The molecule has 2 aromatic carbocycles. The number of aryl methyl sites for hydroxylation is 1. The number of benzene rings is 2. The number of anilines is 1. The molecule has 0 aliphatic carbocycles. The van der Waals surface area contributed by atoms with E-state index in [0.717, 1.165) is 16.9 Å². The zero-order chi connectivity index (χ0) is 12.3. The molecule has 0 aliphatic heterocycles. The first-order valence-corrected chi connectivity index (χ1v) is 6.46. The van der Waals surface area contributed by atoms with E-state index < -0.39 is 0 Å². The van der Waals surface area contributed by atoms with Crippen LogP contribution in [0.2, 0.25) is 0 Å². The zero-order valence-electron chi connectivity index (χ0n) is 9.61. The van der Waals surface area contributed by atoms with Gasteiger partial charge in [0.2, 0.25) is 0 Å². The summed E-state index contributed by atoms with van der Waals surface area (Å²) in [5, 5.41) is 0. The van der Waals surface area contributed by atoms with Gasteiger partial charge in [-0.05, 0) is 64.9 Å². The third-order valence-corrected chi connectivity index (χ3v) is 3.19. The van der Waals surface area contributed by atoms with Crippen molar-refractivity contribution in [3.63, 3.8) is 0 Å². The molecule has 0 spiro atoms. The van der Waals surface area contributed by atoms with Crippen molar-refractivity contribution in [3.8, 4) is 5.75 Å². The van der Waals surface area contributed by atoms with E-state index in [1.165, 1.54) is 3.57 Å². The maximum Gasteiger partial charge on any atom is 0.142 e. The average Bonchev–Trinajstić information content (AvgIpc) is 2.30. The topological polar surface area (TPSA) is 35.2 Å². The first-order chi connectivity index (χ1) is 8.15. The Hall–Kier alpha value is -1.23. The van der Waals surface area contributed by atoms with E-state index >= 15 is 0 Å².